The molecule has 2 rings (SSSR count). The van der Waals surface area contributed by atoms with Crippen LogP contribution in [0.15, 0.2) is 0 Å². The second kappa shape index (κ2) is 2.95. The van der Waals surface area contributed by atoms with Crippen LogP contribution in [0.4, 0.5) is 4.79 Å². The van der Waals surface area contributed by atoms with Gasteiger partial charge in [0.15, 0.2) is 0 Å². The Morgan fingerprint density at radius 3 is 2.67 bits per heavy atom. The molecule has 0 aromatic heterocycles. The van der Waals surface area contributed by atoms with E-state index in [9.17, 15) is 19.5 Å². The molecule has 0 bridgehead atoms. The summed E-state index contributed by atoms with van der Waals surface area (Å²) in [6.45, 7) is 0.965. The fourth-order valence-electron chi connectivity index (χ4n) is 1.93. The van der Waals surface area contributed by atoms with Crippen LogP contribution in [0.3, 0.4) is 0 Å². The second-order valence-corrected chi connectivity index (χ2v) is 4.17. The Balaban J connectivity index is 2.18. The summed E-state index contributed by atoms with van der Waals surface area (Å²) in [4.78, 5) is 34.2. The van der Waals surface area contributed by atoms with Gasteiger partial charge in [0.05, 0.1) is 12.5 Å². The zero-order valence-corrected chi connectivity index (χ0v) is 8.28. The largest absolute Gasteiger partial charge is 0.548 e. The van der Waals surface area contributed by atoms with E-state index in [2.05, 4.69) is 5.32 Å². The molecule has 0 aromatic carbocycles. The van der Waals surface area contributed by atoms with Crippen LogP contribution in [0, 0.1) is 5.92 Å². The third-order valence-corrected chi connectivity index (χ3v) is 2.98. The Hall–Kier alpha value is -1.59. The number of carboxylic acid groups (broad SMARTS) is 1. The molecular weight excluding hydrogens is 200 g/mol. The predicted molar refractivity (Wildman–Crippen MR) is 46.4 cm³/mol. The Bertz CT molecular complexity index is 350. The maximum Gasteiger partial charge on any atom is 0.325 e. The van der Waals surface area contributed by atoms with Crippen LogP contribution in [0.2, 0.25) is 0 Å². The molecule has 1 heterocycles. The van der Waals surface area contributed by atoms with Crippen LogP contribution < -0.4 is 10.4 Å². The second-order valence-electron chi connectivity index (χ2n) is 4.17. The molecule has 1 atom stereocenters. The van der Waals surface area contributed by atoms with E-state index < -0.39 is 30.0 Å². The first-order valence-corrected chi connectivity index (χ1v) is 4.79. The maximum atomic E-state index is 11.8. The SMILES string of the molecule is C[C@]1(C2CC2)NC(=O)N(CC(=O)[O-])C1=O. The van der Waals surface area contributed by atoms with E-state index in [1.165, 1.54) is 0 Å². The van der Waals surface area contributed by atoms with Crippen molar-refractivity contribution in [1.82, 2.24) is 10.2 Å². The molecule has 1 N–H and O–H groups in total. The third kappa shape index (κ3) is 1.45. The van der Waals surface area contributed by atoms with Gasteiger partial charge in [-0.2, -0.15) is 0 Å². The van der Waals surface area contributed by atoms with Crippen LogP contribution in [-0.4, -0.2) is 34.9 Å². The Morgan fingerprint density at radius 2 is 2.20 bits per heavy atom. The first kappa shape index (κ1) is 9.95. The van der Waals surface area contributed by atoms with E-state index in [0.717, 1.165) is 12.8 Å². The van der Waals surface area contributed by atoms with Gasteiger partial charge in [-0.15, -0.1) is 0 Å². The number of carboxylic acids is 1. The summed E-state index contributed by atoms with van der Waals surface area (Å²) in [5.74, 6) is -1.75. The van der Waals surface area contributed by atoms with Gasteiger partial charge in [-0.1, -0.05) is 0 Å². The van der Waals surface area contributed by atoms with Crippen LogP contribution >= 0.6 is 0 Å². The lowest BCUT2D eigenvalue weighted by Gasteiger charge is -2.20. The molecule has 15 heavy (non-hydrogen) atoms. The van der Waals surface area contributed by atoms with Crippen LogP contribution in [-0.2, 0) is 9.59 Å². The number of aliphatic carboxylic acids is 1. The minimum absolute atomic E-state index is 0.140. The van der Waals surface area contributed by atoms with Gasteiger partial charge < -0.3 is 15.2 Å². The number of nitrogens with one attached hydrogen (secondary N) is 1. The average Bonchev–Trinajstić information content (AvgIpc) is 2.92. The van der Waals surface area contributed by atoms with Gasteiger partial charge in [0.2, 0.25) is 0 Å². The van der Waals surface area contributed by atoms with E-state index >= 15 is 0 Å². The number of amides is 3. The summed E-state index contributed by atoms with van der Waals surface area (Å²) in [5.41, 5.74) is -0.910. The molecule has 6 heteroatoms. The number of rotatable bonds is 3. The van der Waals surface area contributed by atoms with Gasteiger partial charge in [-0.25, -0.2) is 4.79 Å². The number of hydrogen-bond acceptors (Lipinski definition) is 4. The highest BCUT2D eigenvalue weighted by Crippen LogP contribution is 2.42. The summed E-state index contributed by atoms with van der Waals surface area (Å²) < 4.78 is 0. The molecular formula is C9H11N2O4-. The standard InChI is InChI=1S/C9H12N2O4/c1-9(5-2-3-5)7(14)11(4-6(12)13)8(15)10-9/h5H,2-4H2,1H3,(H,10,15)(H,12,13)/p-1/t9-/m1/s1. The molecule has 0 aromatic rings. The van der Waals surface area contributed by atoms with Crippen molar-refractivity contribution in [2.75, 3.05) is 6.54 Å². The van der Waals surface area contributed by atoms with Gasteiger partial charge in [0, 0.05) is 0 Å². The van der Waals surface area contributed by atoms with Gasteiger partial charge in [0.1, 0.15) is 5.54 Å². The number of imide groups is 1. The minimum atomic E-state index is -1.43. The lowest BCUT2D eigenvalue weighted by atomic mass is 9.96. The molecule has 3 amide bonds. The highest BCUT2D eigenvalue weighted by molar-refractivity contribution is 6.08. The number of urea groups is 1. The molecule has 2 fully saturated rings. The molecule has 0 spiro atoms. The molecule has 0 radical (unpaired) electrons. The van der Waals surface area contributed by atoms with Crippen LogP contribution in [0.25, 0.3) is 0 Å². The fourth-order valence-corrected chi connectivity index (χ4v) is 1.93. The first-order valence-electron chi connectivity index (χ1n) is 4.79. The van der Waals surface area contributed by atoms with Crippen molar-refractivity contribution in [2.45, 2.75) is 25.3 Å². The van der Waals surface area contributed by atoms with E-state index in [0.29, 0.717) is 4.90 Å². The van der Waals surface area contributed by atoms with Crippen LogP contribution in [0.1, 0.15) is 19.8 Å². The number of carbonyl (C=O) groups excluding carboxylic acids is 3. The molecule has 1 aliphatic heterocycles. The number of nitrogens with zero attached hydrogens (tertiary/aromatic N) is 1. The summed E-state index contributed by atoms with van der Waals surface area (Å²) in [7, 11) is 0. The van der Waals surface area contributed by atoms with Gasteiger partial charge in [0.25, 0.3) is 5.91 Å². The van der Waals surface area contributed by atoms with E-state index in [-0.39, 0.29) is 5.92 Å². The number of carbonyl (C=O) groups is 3. The van der Waals surface area contributed by atoms with E-state index in [1.54, 1.807) is 6.92 Å². The lowest BCUT2D eigenvalue weighted by molar-refractivity contribution is -0.305. The Labute approximate surface area is 86.2 Å². The van der Waals surface area contributed by atoms with Crippen molar-refractivity contribution < 1.29 is 19.5 Å². The Morgan fingerprint density at radius 1 is 1.60 bits per heavy atom. The smallest absolute Gasteiger partial charge is 0.325 e. The average molecular weight is 211 g/mol. The van der Waals surface area contributed by atoms with Crippen molar-refractivity contribution >= 4 is 17.9 Å². The highest BCUT2D eigenvalue weighted by Gasteiger charge is 2.55. The molecule has 6 nitrogen and oxygen atoms in total. The van der Waals surface area contributed by atoms with E-state index in [1.807, 2.05) is 0 Å². The Kier molecular flexibility index (Phi) is 1.95. The third-order valence-electron chi connectivity index (χ3n) is 2.98. The molecule has 1 saturated heterocycles. The topological polar surface area (TPSA) is 89.5 Å². The monoisotopic (exact) mass is 211 g/mol. The van der Waals surface area contributed by atoms with Crippen molar-refractivity contribution in [3.8, 4) is 0 Å². The molecule has 1 aliphatic carbocycles. The summed E-state index contributed by atoms with van der Waals surface area (Å²) >= 11 is 0. The maximum absolute atomic E-state index is 11.8. The summed E-state index contributed by atoms with van der Waals surface area (Å²) in [5, 5.41) is 12.9. The number of hydrogen-bond donors (Lipinski definition) is 1. The summed E-state index contributed by atoms with van der Waals surface area (Å²) in [6.07, 6.45) is 1.78. The van der Waals surface area contributed by atoms with Gasteiger partial charge in [-0.3, -0.25) is 9.69 Å². The van der Waals surface area contributed by atoms with Crippen molar-refractivity contribution in [3.05, 3.63) is 0 Å². The minimum Gasteiger partial charge on any atom is -0.548 e. The van der Waals surface area contributed by atoms with Crippen molar-refractivity contribution in [1.29, 1.82) is 0 Å². The fraction of sp³-hybridized carbons (Fsp3) is 0.667. The normalized spacial score (nSPS) is 30.6. The predicted octanol–water partition coefficient (Wildman–Crippen LogP) is -1.54. The molecule has 1 saturated carbocycles. The zero-order chi connectivity index (χ0) is 11.2. The first-order chi connectivity index (χ1) is 6.95. The quantitative estimate of drug-likeness (QED) is 0.573. The van der Waals surface area contributed by atoms with E-state index in [4.69, 9.17) is 0 Å². The lowest BCUT2D eigenvalue weighted by Crippen LogP contribution is -2.47. The van der Waals surface area contributed by atoms with Crippen LogP contribution in [0.5, 0.6) is 0 Å². The molecule has 82 valence electrons. The zero-order valence-electron chi connectivity index (χ0n) is 8.28. The molecule has 0 unspecified atom stereocenters. The van der Waals surface area contributed by atoms with Gasteiger partial charge >= 0.3 is 6.03 Å². The molecule has 2 aliphatic rings. The van der Waals surface area contributed by atoms with Crippen molar-refractivity contribution in [3.63, 3.8) is 0 Å². The highest BCUT2D eigenvalue weighted by atomic mass is 16.4. The summed E-state index contributed by atoms with van der Waals surface area (Å²) in [6, 6.07) is -0.640. The van der Waals surface area contributed by atoms with Crippen molar-refractivity contribution in [2.24, 2.45) is 5.92 Å². The van der Waals surface area contributed by atoms with Gasteiger partial charge in [-0.05, 0) is 25.7 Å².